The molecule has 3 heteroatoms. The molecule has 0 aromatic heterocycles. The summed E-state index contributed by atoms with van der Waals surface area (Å²) in [4.78, 5) is 11.9. The molecule has 0 heterocycles. The van der Waals surface area contributed by atoms with Gasteiger partial charge < -0.3 is 10.1 Å². The Balaban J connectivity index is 1.72. The molecule has 0 spiro atoms. The lowest BCUT2D eigenvalue weighted by molar-refractivity contribution is 0.0991. The van der Waals surface area contributed by atoms with Gasteiger partial charge in [-0.15, -0.1) is 0 Å². The zero-order valence-corrected chi connectivity index (χ0v) is 11.6. The van der Waals surface area contributed by atoms with Gasteiger partial charge in [-0.3, -0.25) is 4.79 Å². The van der Waals surface area contributed by atoms with E-state index in [4.69, 9.17) is 4.74 Å². The van der Waals surface area contributed by atoms with Gasteiger partial charge in [0.05, 0.1) is 13.7 Å². The lowest BCUT2D eigenvalue weighted by Gasteiger charge is -2.05. The summed E-state index contributed by atoms with van der Waals surface area (Å²) in [6, 6.07) is 17.3. The van der Waals surface area contributed by atoms with Crippen LogP contribution in [-0.4, -0.2) is 26.0 Å². The lowest BCUT2D eigenvalue weighted by Crippen LogP contribution is -2.25. The second-order valence-corrected chi connectivity index (χ2v) is 4.56. The summed E-state index contributed by atoms with van der Waals surface area (Å²) >= 11 is 0. The first-order chi connectivity index (χ1) is 9.79. The zero-order chi connectivity index (χ0) is 14.2. The van der Waals surface area contributed by atoms with Crippen molar-refractivity contribution in [2.45, 2.75) is 6.42 Å². The molecule has 0 amide bonds. The maximum absolute atomic E-state index is 11.9. The minimum absolute atomic E-state index is 0.125. The molecule has 0 aliphatic carbocycles. The van der Waals surface area contributed by atoms with E-state index in [1.807, 2.05) is 54.6 Å². The molecule has 0 saturated carbocycles. The number of ether oxygens (including phenoxy) is 1. The van der Waals surface area contributed by atoms with Crippen molar-refractivity contribution in [2.24, 2.45) is 0 Å². The fraction of sp³-hybridized carbons (Fsp3) is 0.235. The van der Waals surface area contributed by atoms with Crippen molar-refractivity contribution in [3.63, 3.8) is 0 Å². The molecule has 2 rings (SSSR count). The predicted molar refractivity (Wildman–Crippen MR) is 80.3 cm³/mol. The van der Waals surface area contributed by atoms with Crippen molar-refractivity contribution in [3.05, 3.63) is 65.7 Å². The highest BCUT2D eigenvalue weighted by atomic mass is 16.5. The van der Waals surface area contributed by atoms with Gasteiger partial charge in [0.25, 0.3) is 0 Å². The molecule has 20 heavy (non-hydrogen) atoms. The highest BCUT2D eigenvalue weighted by Gasteiger charge is 2.03. The minimum atomic E-state index is 0.125. The van der Waals surface area contributed by atoms with E-state index >= 15 is 0 Å². The molecule has 0 atom stereocenters. The summed E-state index contributed by atoms with van der Waals surface area (Å²) in [7, 11) is 1.66. The van der Waals surface area contributed by atoms with Crippen molar-refractivity contribution in [1.82, 2.24) is 5.32 Å². The normalized spacial score (nSPS) is 10.2. The van der Waals surface area contributed by atoms with Crippen LogP contribution in [0.5, 0.6) is 5.75 Å². The van der Waals surface area contributed by atoms with Crippen molar-refractivity contribution in [3.8, 4) is 5.75 Å². The molecule has 0 saturated heterocycles. The molecule has 0 aliphatic rings. The monoisotopic (exact) mass is 269 g/mol. The van der Waals surface area contributed by atoms with Gasteiger partial charge in [-0.1, -0.05) is 42.5 Å². The fourth-order valence-corrected chi connectivity index (χ4v) is 1.95. The first-order valence-corrected chi connectivity index (χ1v) is 6.71. The van der Waals surface area contributed by atoms with Crippen LogP contribution in [0.2, 0.25) is 0 Å². The van der Waals surface area contributed by atoms with Crippen LogP contribution >= 0.6 is 0 Å². The van der Waals surface area contributed by atoms with Gasteiger partial charge in [0.15, 0.2) is 5.78 Å². The van der Waals surface area contributed by atoms with Crippen molar-refractivity contribution >= 4 is 5.78 Å². The van der Waals surface area contributed by atoms with Gasteiger partial charge in [-0.25, -0.2) is 0 Å². The summed E-state index contributed by atoms with van der Waals surface area (Å²) in [5, 5.41) is 3.18. The Morgan fingerprint density at radius 3 is 2.40 bits per heavy atom. The Labute approximate surface area is 119 Å². The number of nitrogens with one attached hydrogen (secondary N) is 1. The molecule has 1 N–H and O–H groups in total. The Hall–Kier alpha value is -2.13. The molecule has 2 aromatic carbocycles. The van der Waals surface area contributed by atoms with Crippen molar-refractivity contribution < 1.29 is 9.53 Å². The van der Waals surface area contributed by atoms with Crippen LogP contribution < -0.4 is 10.1 Å². The van der Waals surface area contributed by atoms with E-state index < -0.39 is 0 Å². The second-order valence-electron chi connectivity index (χ2n) is 4.56. The molecule has 104 valence electrons. The fourth-order valence-electron chi connectivity index (χ4n) is 1.95. The topological polar surface area (TPSA) is 38.3 Å². The highest BCUT2D eigenvalue weighted by molar-refractivity contribution is 5.97. The average Bonchev–Trinajstić information content (AvgIpc) is 2.53. The largest absolute Gasteiger partial charge is 0.497 e. The number of benzene rings is 2. The van der Waals surface area contributed by atoms with Crippen LogP contribution in [0.25, 0.3) is 0 Å². The molecule has 0 aliphatic heterocycles. The number of hydrogen-bond donors (Lipinski definition) is 1. The second kappa shape index (κ2) is 7.46. The van der Waals surface area contributed by atoms with E-state index in [1.54, 1.807) is 7.11 Å². The van der Waals surface area contributed by atoms with Crippen molar-refractivity contribution in [2.75, 3.05) is 20.2 Å². The maximum Gasteiger partial charge on any atom is 0.176 e. The Morgan fingerprint density at radius 2 is 1.75 bits per heavy atom. The number of carbonyl (C=O) groups is 1. The number of ketones is 1. The smallest absolute Gasteiger partial charge is 0.176 e. The van der Waals surface area contributed by atoms with E-state index in [0.29, 0.717) is 6.54 Å². The van der Waals surface area contributed by atoms with Gasteiger partial charge >= 0.3 is 0 Å². The minimum Gasteiger partial charge on any atom is -0.497 e. The van der Waals surface area contributed by atoms with E-state index in [-0.39, 0.29) is 5.78 Å². The Morgan fingerprint density at radius 1 is 1.05 bits per heavy atom. The third kappa shape index (κ3) is 4.21. The lowest BCUT2D eigenvalue weighted by atomic mass is 10.1. The third-order valence-electron chi connectivity index (χ3n) is 3.13. The van der Waals surface area contributed by atoms with Crippen molar-refractivity contribution in [1.29, 1.82) is 0 Å². The van der Waals surface area contributed by atoms with Gasteiger partial charge in [0.2, 0.25) is 0 Å². The van der Waals surface area contributed by atoms with Crippen LogP contribution in [0.15, 0.2) is 54.6 Å². The van der Waals surface area contributed by atoms with Crippen LogP contribution in [-0.2, 0) is 6.42 Å². The summed E-state index contributed by atoms with van der Waals surface area (Å²) in [6.45, 7) is 1.16. The standard InChI is InChI=1S/C17H19NO2/c1-20-16-9-7-14(8-10-16)11-12-18-13-17(19)15-5-3-2-4-6-15/h2-10,18H,11-13H2,1H3. The molecule has 0 bridgehead atoms. The van der Waals surface area contributed by atoms with Gasteiger partial charge in [-0.05, 0) is 30.7 Å². The van der Waals surface area contributed by atoms with Gasteiger partial charge in [0.1, 0.15) is 5.75 Å². The molecule has 0 radical (unpaired) electrons. The first kappa shape index (κ1) is 14.3. The van der Waals surface area contributed by atoms with E-state index in [9.17, 15) is 4.79 Å². The Bertz CT molecular complexity index is 535. The summed E-state index contributed by atoms with van der Waals surface area (Å²) in [5.74, 6) is 0.987. The molecular weight excluding hydrogens is 250 g/mol. The number of methoxy groups -OCH3 is 1. The van der Waals surface area contributed by atoms with E-state index in [0.717, 1.165) is 24.3 Å². The quantitative estimate of drug-likeness (QED) is 0.620. The number of Topliss-reactive ketones (excluding diaryl/α,β-unsaturated/α-hetero) is 1. The van der Waals surface area contributed by atoms with Crippen LogP contribution in [0, 0.1) is 0 Å². The maximum atomic E-state index is 11.9. The predicted octanol–water partition coefficient (Wildman–Crippen LogP) is 2.71. The number of hydrogen-bond acceptors (Lipinski definition) is 3. The number of rotatable bonds is 7. The van der Waals surface area contributed by atoms with Crippen LogP contribution in [0.3, 0.4) is 0 Å². The van der Waals surface area contributed by atoms with E-state index in [1.165, 1.54) is 5.56 Å². The summed E-state index contributed by atoms with van der Waals surface area (Å²) in [6.07, 6.45) is 0.895. The van der Waals surface area contributed by atoms with Gasteiger partial charge in [0, 0.05) is 5.56 Å². The van der Waals surface area contributed by atoms with E-state index in [2.05, 4.69) is 5.32 Å². The Kier molecular flexibility index (Phi) is 5.33. The highest BCUT2D eigenvalue weighted by Crippen LogP contribution is 2.11. The molecule has 0 fully saturated rings. The molecular formula is C17H19NO2. The average molecular weight is 269 g/mol. The van der Waals surface area contributed by atoms with Crippen LogP contribution in [0.1, 0.15) is 15.9 Å². The first-order valence-electron chi connectivity index (χ1n) is 6.71. The number of carbonyl (C=O) groups excluding carboxylic acids is 1. The summed E-state index contributed by atoms with van der Waals surface area (Å²) < 4.78 is 5.11. The van der Waals surface area contributed by atoms with Crippen LogP contribution in [0.4, 0.5) is 0 Å². The third-order valence-corrected chi connectivity index (χ3v) is 3.13. The molecule has 0 unspecified atom stereocenters. The SMILES string of the molecule is COc1ccc(CCNCC(=O)c2ccccc2)cc1. The zero-order valence-electron chi connectivity index (χ0n) is 11.6. The molecule has 2 aromatic rings. The molecule has 3 nitrogen and oxygen atoms in total. The van der Waals surface area contributed by atoms with Gasteiger partial charge in [-0.2, -0.15) is 0 Å². The summed E-state index contributed by atoms with van der Waals surface area (Å²) in [5.41, 5.74) is 1.98.